The van der Waals surface area contributed by atoms with Crippen LogP contribution in [0.2, 0.25) is 0 Å². The molecule has 7 heteroatoms. The van der Waals surface area contributed by atoms with E-state index in [-0.39, 0.29) is 45.1 Å². The van der Waals surface area contributed by atoms with Gasteiger partial charge in [0.2, 0.25) is 0 Å². The first-order valence-electron chi connectivity index (χ1n) is 20.9. The van der Waals surface area contributed by atoms with Crippen LogP contribution in [0.25, 0.3) is 67.0 Å². The monoisotopic (exact) mass is 1010 g/mol. The van der Waals surface area contributed by atoms with Crippen molar-refractivity contribution in [1.29, 1.82) is 0 Å². The molecular weight excluding hydrogens is 960 g/mol. The third-order valence-electron chi connectivity index (χ3n) is 12.6. The molecule has 2 heterocycles. The van der Waals surface area contributed by atoms with Gasteiger partial charge in [0.15, 0.2) is 0 Å². The van der Waals surface area contributed by atoms with Gasteiger partial charge in [-0.2, -0.15) is 0 Å². The zero-order valence-electron chi connectivity index (χ0n) is 36.2. The molecule has 0 fully saturated rings. The molecule has 0 saturated heterocycles. The van der Waals surface area contributed by atoms with Gasteiger partial charge in [0.05, 0.1) is 20.8 Å². The van der Waals surface area contributed by atoms with Gasteiger partial charge in [-0.25, -0.2) is 0 Å². The van der Waals surface area contributed by atoms with Crippen molar-refractivity contribution in [2.45, 2.75) is 51.7 Å². The van der Waals surface area contributed by atoms with E-state index in [1.807, 2.05) is 36.4 Å². The van der Waals surface area contributed by atoms with Crippen LogP contribution in [-0.2, 0) is 45.1 Å². The summed E-state index contributed by atoms with van der Waals surface area (Å²) in [5, 5.41) is 19.6. The number of pyridine rings is 2. The van der Waals surface area contributed by atoms with Gasteiger partial charge in [-0.15, -0.1) is 41.5 Å². The number of ether oxygens (including phenoxy) is 2. The minimum atomic E-state index is -0.114. The summed E-state index contributed by atoms with van der Waals surface area (Å²) >= 11 is 0. The van der Waals surface area contributed by atoms with Crippen LogP contribution in [0.3, 0.4) is 0 Å². The van der Waals surface area contributed by atoms with Gasteiger partial charge in [0.1, 0.15) is 5.75 Å². The van der Waals surface area contributed by atoms with Crippen molar-refractivity contribution in [3.05, 3.63) is 191 Å². The maximum absolute atomic E-state index is 10.1. The predicted octanol–water partition coefficient (Wildman–Crippen LogP) is 12.0. The van der Waals surface area contributed by atoms with Crippen molar-refractivity contribution in [3.63, 3.8) is 0 Å². The number of fused-ring (bicyclic) bond motifs is 6. The number of aliphatic hydroxyl groups is 2. The molecule has 10 rings (SSSR count). The molecule has 0 saturated carbocycles. The summed E-state index contributed by atoms with van der Waals surface area (Å²) in [6.07, 6.45) is 3.41. The largest absolute Gasteiger partial charge is 2.00 e. The number of aromatic nitrogens is 2. The fraction of sp³-hybridized carbons (Fsp3) is 0.179. The number of hydrogen-bond acceptors (Lipinski definition) is 6. The number of benzene rings is 6. The molecule has 316 valence electrons. The Bertz CT molecular complexity index is 2790. The normalized spacial score (nSPS) is 13.3. The first-order chi connectivity index (χ1) is 30.1. The Kier molecular flexibility index (Phi) is 12.1. The van der Waals surface area contributed by atoms with Crippen molar-refractivity contribution in [1.82, 2.24) is 9.97 Å². The summed E-state index contributed by atoms with van der Waals surface area (Å²) < 4.78 is 11.1. The van der Waals surface area contributed by atoms with E-state index in [0.29, 0.717) is 5.69 Å². The number of rotatable bonds is 8. The molecule has 0 amide bonds. The Morgan fingerprint density at radius 3 is 1.59 bits per heavy atom. The second-order valence-electron chi connectivity index (χ2n) is 16.9. The molecule has 2 aromatic heterocycles. The van der Waals surface area contributed by atoms with Crippen LogP contribution in [0, 0.1) is 12.1 Å². The fourth-order valence-corrected chi connectivity index (χ4v) is 9.62. The van der Waals surface area contributed by atoms with Crippen LogP contribution in [0.15, 0.2) is 146 Å². The summed E-state index contributed by atoms with van der Waals surface area (Å²) in [6, 6.07) is 52.6. The van der Waals surface area contributed by atoms with Gasteiger partial charge in [0.25, 0.3) is 0 Å². The maximum atomic E-state index is 10.1. The zero-order valence-corrected chi connectivity index (χ0v) is 38.5. The van der Waals surface area contributed by atoms with E-state index < -0.39 is 0 Å². The van der Waals surface area contributed by atoms with Gasteiger partial charge in [-0.05, 0) is 79.7 Å². The van der Waals surface area contributed by atoms with E-state index in [4.69, 9.17) is 9.47 Å². The van der Waals surface area contributed by atoms with E-state index in [0.717, 1.165) is 56.1 Å². The predicted molar refractivity (Wildman–Crippen MR) is 248 cm³/mol. The van der Waals surface area contributed by atoms with Crippen LogP contribution in [-0.4, -0.2) is 34.4 Å². The van der Waals surface area contributed by atoms with E-state index in [9.17, 15) is 10.2 Å². The molecule has 0 aliphatic heterocycles. The third-order valence-corrected chi connectivity index (χ3v) is 12.6. The Morgan fingerprint density at radius 2 is 1.03 bits per heavy atom. The molecule has 6 nitrogen and oxygen atoms in total. The van der Waals surface area contributed by atoms with Crippen molar-refractivity contribution in [2.75, 3.05) is 14.2 Å². The Balaban J connectivity index is 0.000000170. The minimum Gasteiger partial charge on any atom is -0.540 e. The number of methoxy groups -OCH3 is 2. The molecular formula is C56H48N2O4Pt. The van der Waals surface area contributed by atoms with Crippen LogP contribution in [0.5, 0.6) is 11.5 Å². The van der Waals surface area contributed by atoms with Gasteiger partial charge < -0.3 is 29.7 Å². The quantitative estimate of drug-likeness (QED) is 0.148. The first-order valence-corrected chi connectivity index (χ1v) is 20.9. The van der Waals surface area contributed by atoms with Crippen LogP contribution in [0.4, 0.5) is 0 Å². The van der Waals surface area contributed by atoms with E-state index >= 15 is 0 Å². The van der Waals surface area contributed by atoms with Crippen molar-refractivity contribution in [2.24, 2.45) is 0 Å². The minimum absolute atomic E-state index is 0. The Hall–Kier alpha value is -6.17. The second kappa shape index (κ2) is 17.5. The smallest absolute Gasteiger partial charge is 0.540 e. The zero-order chi connectivity index (χ0) is 43.2. The summed E-state index contributed by atoms with van der Waals surface area (Å²) in [5.41, 5.74) is 19.4. The van der Waals surface area contributed by atoms with E-state index in [1.165, 1.54) is 50.1 Å². The number of aliphatic hydroxyl groups excluding tert-OH is 2. The third kappa shape index (κ3) is 7.61. The second-order valence-corrected chi connectivity index (χ2v) is 16.9. The van der Waals surface area contributed by atoms with Crippen molar-refractivity contribution in [3.8, 4) is 78.5 Å². The Labute approximate surface area is 384 Å². The molecule has 8 aromatic rings. The summed E-state index contributed by atoms with van der Waals surface area (Å²) in [5.74, 6) is 1.49. The number of nitrogens with zero attached hydrogens (tertiary/aromatic N) is 2. The molecule has 0 atom stereocenters. The molecule has 63 heavy (non-hydrogen) atoms. The molecule has 0 unspecified atom stereocenters. The van der Waals surface area contributed by atoms with Gasteiger partial charge in [-0.3, -0.25) is 0 Å². The topological polar surface area (TPSA) is 84.7 Å². The SMILES string of the molecule is CC1(C)c2ccccc2-c2cccc(-c3c[c-]c(-c4cc(CO)ccn4)c(CO)c3)c21.COc1ccnc(-c2[c-]cc(-c3cccc4c3C(C)(C)c3ccccc3-4)cc2OC)c1.[Pt+2]. The molecule has 0 radical (unpaired) electrons. The standard InChI is InChI=1S/2C28H24NO2.Pt/c1-28(2)24-11-6-5-8-21(24)22-10-7-9-20(27(22)28)18-12-13-23(26(16-18)31-4)25-17-19(30-3)14-15-29-25;1-28(2)25-9-4-3-6-23(25)24-8-5-7-22(27(24)28)19-10-11-21(20(15-19)17-31)26-14-18(16-30)12-13-29-26;/h5-12,14-17H,1-4H3;3-10,12-15,30-31H,16-17H2,1-2H3;/q2*-1;+2. The van der Waals surface area contributed by atoms with E-state index in [2.05, 4.69) is 141 Å². The first kappa shape index (κ1) is 43.5. The number of hydrogen-bond donors (Lipinski definition) is 2. The Morgan fingerprint density at radius 1 is 0.524 bits per heavy atom. The average molecular weight is 1010 g/mol. The molecule has 2 aliphatic carbocycles. The molecule has 0 spiro atoms. The summed E-state index contributed by atoms with van der Waals surface area (Å²) in [4.78, 5) is 8.91. The molecule has 2 N–H and O–H groups in total. The van der Waals surface area contributed by atoms with Crippen LogP contribution >= 0.6 is 0 Å². The fourth-order valence-electron chi connectivity index (χ4n) is 9.62. The summed E-state index contributed by atoms with van der Waals surface area (Å²) in [6.45, 7) is 9.00. The molecule has 2 aliphatic rings. The summed E-state index contributed by atoms with van der Waals surface area (Å²) in [7, 11) is 3.34. The van der Waals surface area contributed by atoms with Crippen molar-refractivity contribution >= 4 is 0 Å². The van der Waals surface area contributed by atoms with Gasteiger partial charge in [0, 0.05) is 35.6 Å². The van der Waals surface area contributed by atoms with E-state index in [1.54, 1.807) is 32.7 Å². The van der Waals surface area contributed by atoms with Gasteiger partial charge in [-0.1, -0.05) is 153 Å². The van der Waals surface area contributed by atoms with Crippen LogP contribution < -0.4 is 9.47 Å². The van der Waals surface area contributed by atoms with Gasteiger partial charge >= 0.3 is 21.1 Å². The van der Waals surface area contributed by atoms with Crippen LogP contribution in [0.1, 0.15) is 61.1 Å². The maximum Gasteiger partial charge on any atom is 2.00 e. The molecule has 0 bridgehead atoms. The average Bonchev–Trinajstić information content (AvgIpc) is 3.71. The van der Waals surface area contributed by atoms with Crippen molar-refractivity contribution < 1.29 is 40.8 Å². The molecule has 6 aromatic carbocycles.